The largest absolute Gasteiger partial charge is 0.416 e. The number of alkyl halides is 3. The van der Waals surface area contributed by atoms with Crippen molar-refractivity contribution in [3.63, 3.8) is 0 Å². The Morgan fingerprint density at radius 3 is 2.45 bits per heavy atom. The second-order valence-corrected chi connectivity index (χ2v) is 6.59. The van der Waals surface area contributed by atoms with Gasteiger partial charge in [0.15, 0.2) is 0 Å². The van der Waals surface area contributed by atoms with Gasteiger partial charge in [0.05, 0.1) is 34.4 Å². The zero-order valence-corrected chi connectivity index (χ0v) is 15.9. The first-order valence-electron chi connectivity index (χ1n) is 8.59. The third-order valence-electron chi connectivity index (χ3n) is 4.39. The van der Waals surface area contributed by atoms with Gasteiger partial charge in [0.25, 0.3) is 5.91 Å². The van der Waals surface area contributed by atoms with Crippen LogP contribution in [0.2, 0.25) is 0 Å². The van der Waals surface area contributed by atoms with E-state index >= 15 is 0 Å². The van der Waals surface area contributed by atoms with Crippen molar-refractivity contribution in [3.8, 4) is 5.69 Å². The number of para-hydroxylation sites is 1. The van der Waals surface area contributed by atoms with Gasteiger partial charge in [-0.05, 0) is 37.3 Å². The number of halogens is 4. The van der Waals surface area contributed by atoms with Gasteiger partial charge in [-0.15, -0.1) is 0 Å². The number of nitrogens with zero attached hydrogens (tertiary/aromatic N) is 3. The van der Waals surface area contributed by atoms with Gasteiger partial charge in [-0.3, -0.25) is 4.79 Å². The minimum atomic E-state index is -4.55. The van der Waals surface area contributed by atoms with Crippen LogP contribution in [0.25, 0.3) is 5.69 Å². The van der Waals surface area contributed by atoms with Crippen LogP contribution in [-0.4, -0.2) is 29.8 Å². The van der Waals surface area contributed by atoms with E-state index in [0.29, 0.717) is 11.4 Å². The van der Waals surface area contributed by atoms with Crippen molar-refractivity contribution >= 4 is 17.3 Å². The molecule has 9 heteroatoms. The lowest BCUT2D eigenvalue weighted by Crippen LogP contribution is -2.18. The van der Waals surface area contributed by atoms with Gasteiger partial charge < -0.3 is 10.2 Å². The summed E-state index contributed by atoms with van der Waals surface area (Å²) in [6.45, 7) is 1.58. The molecule has 0 fully saturated rings. The summed E-state index contributed by atoms with van der Waals surface area (Å²) >= 11 is 0. The van der Waals surface area contributed by atoms with Crippen molar-refractivity contribution in [2.24, 2.45) is 0 Å². The molecule has 0 radical (unpaired) electrons. The summed E-state index contributed by atoms with van der Waals surface area (Å²) < 4.78 is 54.5. The summed E-state index contributed by atoms with van der Waals surface area (Å²) in [7, 11) is 3.30. The molecule has 5 nitrogen and oxygen atoms in total. The molecule has 3 rings (SSSR count). The third kappa shape index (κ3) is 4.08. The molecule has 0 unspecified atom stereocenters. The molecule has 1 amide bonds. The lowest BCUT2D eigenvalue weighted by molar-refractivity contribution is -0.137. The first-order valence-corrected chi connectivity index (χ1v) is 8.59. The Morgan fingerprint density at radius 1 is 1.14 bits per heavy atom. The average molecular weight is 406 g/mol. The predicted octanol–water partition coefficient (Wildman–Crippen LogP) is 4.66. The van der Waals surface area contributed by atoms with Crippen LogP contribution in [0.15, 0.2) is 48.7 Å². The summed E-state index contributed by atoms with van der Waals surface area (Å²) in [5.74, 6) is -1.16. The van der Waals surface area contributed by atoms with Gasteiger partial charge in [0.2, 0.25) is 0 Å². The van der Waals surface area contributed by atoms with Crippen molar-refractivity contribution in [1.29, 1.82) is 0 Å². The number of hydrogen-bond acceptors (Lipinski definition) is 3. The molecule has 0 saturated heterocycles. The summed E-state index contributed by atoms with van der Waals surface area (Å²) in [6.07, 6.45) is -3.30. The minimum absolute atomic E-state index is 0.00728. The fourth-order valence-corrected chi connectivity index (χ4v) is 2.89. The smallest absolute Gasteiger partial charge is 0.376 e. The number of benzene rings is 2. The Labute approximate surface area is 164 Å². The second kappa shape index (κ2) is 7.57. The fraction of sp³-hybridized carbons (Fsp3) is 0.200. The third-order valence-corrected chi connectivity index (χ3v) is 4.39. The van der Waals surface area contributed by atoms with Gasteiger partial charge in [0, 0.05) is 14.1 Å². The zero-order valence-electron chi connectivity index (χ0n) is 15.9. The van der Waals surface area contributed by atoms with E-state index in [1.54, 1.807) is 32.0 Å². The van der Waals surface area contributed by atoms with Crippen molar-refractivity contribution in [3.05, 3.63) is 71.3 Å². The Hall–Kier alpha value is -3.36. The van der Waals surface area contributed by atoms with Gasteiger partial charge >= 0.3 is 6.18 Å². The van der Waals surface area contributed by atoms with E-state index in [1.165, 1.54) is 35.1 Å². The van der Waals surface area contributed by atoms with Gasteiger partial charge in [-0.1, -0.05) is 12.1 Å². The van der Waals surface area contributed by atoms with Gasteiger partial charge in [-0.25, -0.2) is 9.07 Å². The highest BCUT2D eigenvalue weighted by Crippen LogP contribution is 2.35. The zero-order chi connectivity index (χ0) is 21.3. The van der Waals surface area contributed by atoms with E-state index < -0.39 is 23.5 Å². The summed E-state index contributed by atoms with van der Waals surface area (Å²) in [6, 6.07) is 9.05. The van der Waals surface area contributed by atoms with Crippen LogP contribution in [0.4, 0.5) is 28.9 Å². The molecule has 0 aliphatic carbocycles. The van der Waals surface area contributed by atoms with Crippen molar-refractivity contribution in [1.82, 2.24) is 9.78 Å². The summed E-state index contributed by atoms with van der Waals surface area (Å²) in [4.78, 5) is 14.3. The van der Waals surface area contributed by atoms with Crippen LogP contribution in [0, 0.1) is 12.7 Å². The van der Waals surface area contributed by atoms with E-state index in [-0.39, 0.29) is 16.9 Å². The van der Waals surface area contributed by atoms with Crippen molar-refractivity contribution in [2.75, 3.05) is 24.3 Å². The molecule has 1 aromatic heterocycles. The minimum Gasteiger partial charge on any atom is -0.376 e. The molecule has 0 atom stereocenters. The van der Waals surface area contributed by atoms with Crippen LogP contribution < -0.4 is 10.2 Å². The Kier molecular flexibility index (Phi) is 5.32. The molecule has 29 heavy (non-hydrogen) atoms. The number of nitrogens with one attached hydrogen (secondary N) is 1. The maximum atomic E-state index is 14.0. The molecule has 0 spiro atoms. The van der Waals surface area contributed by atoms with Crippen LogP contribution in [0.1, 0.15) is 21.6 Å². The van der Waals surface area contributed by atoms with Crippen molar-refractivity contribution < 1.29 is 22.4 Å². The van der Waals surface area contributed by atoms with E-state index in [9.17, 15) is 22.4 Å². The normalized spacial score (nSPS) is 11.4. The van der Waals surface area contributed by atoms with Crippen LogP contribution in [-0.2, 0) is 6.18 Å². The molecular weight excluding hydrogens is 388 g/mol. The maximum absolute atomic E-state index is 14.0. The SMILES string of the molecule is Cc1c(C(=O)Nc2cc(C(F)(F)F)ccc2N(C)C)cnn1-c1ccccc1F. The molecule has 152 valence electrons. The topological polar surface area (TPSA) is 50.2 Å². The monoisotopic (exact) mass is 406 g/mol. The van der Waals surface area contributed by atoms with E-state index in [2.05, 4.69) is 10.4 Å². The van der Waals surface area contributed by atoms with Crippen LogP contribution in [0.5, 0.6) is 0 Å². The van der Waals surface area contributed by atoms with E-state index in [1.807, 2.05) is 0 Å². The Bertz CT molecular complexity index is 1060. The molecule has 3 aromatic rings. The molecule has 1 heterocycles. The standard InChI is InChI=1S/C20H18F4N4O/c1-12-14(11-25-28(12)17-7-5-4-6-15(17)21)19(29)26-16-10-13(20(22,23)24)8-9-18(16)27(2)3/h4-11H,1-3H3,(H,26,29). The number of hydrogen-bond donors (Lipinski definition) is 1. The number of carbonyl (C=O) groups is 1. The number of aromatic nitrogens is 2. The summed E-state index contributed by atoms with van der Waals surface area (Å²) in [5.41, 5.74) is 0.175. The molecule has 0 aliphatic rings. The first kappa shape index (κ1) is 20.4. The molecule has 0 bridgehead atoms. The van der Waals surface area contributed by atoms with Gasteiger partial charge in [-0.2, -0.15) is 18.3 Å². The fourth-order valence-electron chi connectivity index (χ4n) is 2.89. The molecule has 2 aromatic carbocycles. The predicted molar refractivity (Wildman–Crippen MR) is 102 cm³/mol. The maximum Gasteiger partial charge on any atom is 0.416 e. The highest BCUT2D eigenvalue weighted by Gasteiger charge is 2.31. The molecule has 0 saturated carbocycles. The number of carbonyl (C=O) groups excluding carboxylic acids is 1. The van der Waals surface area contributed by atoms with Crippen molar-refractivity contribution in [2.45, 2.75) is 13.1 Å². The highest BCUT2D eigenvalue weighted by atomic mass is 19.4. The summed E-state index contributed by atoms with van der Waals surface area (Å²) in [5, 5.41) is 6.56. The number of anilines is 2. The highest BCUT2D eigenvalue weighted by molar-refractivity contribution is 6.06. The van der Waals surface area contributed by atoms with Crippen LogP contribution in [0.3, 0.4) is 0 Å². The Morgan fingerprint density at radius 2 is 1.83 bits per heavy atom. The molecule has 0 aliphatic heterocycles. The molecular formula is C20H18F4N4O. The van der Waals surface area contributed by atoms with Crippen LogP contribution >= 0.6 is 0 Å². The Balaban J connectivity index is 1.96. The second-order valence-electron chi connectivity index (χ2n) is 6.59. The molecule has 1 N–H and O–H groups in total. The number of rotatable bonds is 4. The van der Waals surface area contributed by atoms with Gasteiger partial charge in [0.1, 0.15) is 11.5 Å². The lowest BCUT2D eigenvalue weighted by Gasteiger charge is -2.19. The number of amides is 1. The lowest BCUT2D eigenvalue weighted by atomic mass is 10.1. The van der Waals surface area contributed by atoms with E-state index in [0.717, 1.165) is 12.1 Å². The first-order chi connectivity index (χ1) is 13.6. The quantitative estimate of drug-likeness (QED) is 0.642. The van der Waals surface area contributed by atoms with E-state index in [4.69, 9.17) is 0 Å². The average Bonchev–Trinajstić information content (AvgIpc) is 3.02.